The molecule has 0 bridgehead atoms. The molecule has 1 N–H and O–H groups in total. The second-order valence-electron chi connectivity index (χ2n) is 22.2. The predicted molar refractivity (Wildman–Crippen MR) is 339 cm³/mol. The van der Waals surface area contributed by atoms with Gasteiger partial charge in [-0.1, -0.05) is 245 Å². The van der Waals surface area contributed by atoms with Gasteiger partial charge in [0.1, 0.15) is 19.3 Å². The summed E-state index contributed by atoms with van der Waals surface area (Å²) in [6.07, 6.45) is 80.3. The van der Waals surface area contributed by atoms with Crippen LogP contribution in [0.15, 0.2) is 122 Å². The molecule has 3 atom stereocenters. The number of allylic oxidation sites excluding steroid dienone is 19. The summed E-state index contributed by atoms with van der Waals surface area (Å²) < 4.78 is 30.3. The molecule has 0 aromatic rings. The predicted octanol–water partition coefficient (Wildman–Crippen LogP) is 19.3. The zero-order valence-electron chi connectivity index (χ0n) is 51.5. The van der Waals surface area contributed by atoms with Crippen molar-refractivity contribution in [2.24, 2.45) is 0 Å². The third-order valence-electron chi connectivity index (χ3n) is 13.4. The van der Waals surface area contributed by atoms with Crippen molar-refractivity contribution in [3.63, 3.8) is 0 Å². The lowest BCUT2D eigenvalue weighted by atomic mass is 10.0. The summed E-state index contributed by atoms with van der Waals surface area (Å²) >= 11 is 0. The van der Waals surface area contributed by atoms with Crippen LogP contribution in [0.1, 0.15) is 252 Å². The first-order chi connectivity index (χ1) is 38.4. The number of unbranched alkanes of at least 4 members (excludes halogenated alkanes) is 22. The van der Waals surface area contributed by atoms with Gasteiger partial charge >= 0.3 is 5.97 Å². The number of carbonyl (C=O) groups excluding carboxylic acids is 2. The summed E-state index contributed by atoms with van der Waals surface area (Å²) in [6, 6.07) is -0.922. The van der Waals surface area contributed by atoms with Gasteiger partial charge in [0, 0.05) is 12.8 Å². The zero-order chi connectivity index (χ0) is 57.9. The molecule has 0 radical (unpaired) electrons. The largest absolute Gasteiger partial charge is 0.756 e. The van der Waals surface area contributed by atoms with E-state index in [4.69, 9.17) is 13.8 Å². The number of quaternary nitrogens is 1. The number of nitrogens with zero attached hydrogens (tertiary/aromatic N) is 1. The normalized spacial score (nSPS) is 14.5. The van der Waals surface area contributed by atoms with E-state index in [2.05, 4.69) is 135 Å². The van der Waals surface area contributed by atoms with Crippen LogP contribution < -0.4 is 10.2 Å². The minimum absolute atomic E-state index is 0.0381. The fourth-order valence-corrected chi connectivity index (χ4v) is 9.20. The van der Waals surface area contributed by atoms with Gasteiger partial charge in [-0.15, -0.1) is 0 Å². The van der Waals surface area contributed by atoms with Gasteiger partial charge in [-0.3, -0.25) is 14.2 Å². The van der Waals surface area contributed by atoms with E-state index in [0.717, 1.165) is 109 Å². The molecule has 0 aromatic carbocycles. The van der Waals surface area contributed by atoms with Gasteiger partial charge in [0.25, 0.3) is 7.82 Å². The van der Waals surface area contributed by atoms with Gasteiger partial charge in [0.2, 0.25) is 5.91 Å². The second kappa shape index (κ2) is 57.6. The summed E-state index contributed by atoms with van der Waals surface area (Å²) in [5.74, 6) is -0.621. The van der Waals surface area contributed by atoms with Gasteiger partial charge in [-0.25, -0.2) is 0 Å². The smallest absolute Gasteiger partial charge is 0.306 e. The van der Waals surface area contributed by atoms with Crippen LogP contribution in [0.25, 0.3) is 0 Å². The van der Waals surface area contributed by atoms with Gasteiger partial charge in [-0.2, -0.15) is 0 Å². The van der Waals surface area contributed by atoms with E-state index in [1.165, 1.54) is 103 Å². The van der Waals surface area contributed by atoms with Crippen LogP contribution in [0.3, 0.4) is 0 Å². The molecule has 0 saturated carbocycles. The molecule has 1 amide bonds. The number of phosphoric acid groups is 1. The van der Waals surface area contributed by atoms with Crippen LogP contribution in [0.5, 0.6) is 0 Å². The lowest BCUT2D eigenvalue weighted by Gasteiger charge is -2.30. The second-order valence-corrected chi connectivity index (χ2v) is 23.6. The van der Waals surface area contributed by atoms with Crippen LogP contribution in [-0.4, -0.2) is 69.4 Å². The highest BCUT2D eigenvalue weighted by molar-refractivity contribution is 7.45. The molecule has 0 aliphatic carbocycles. The molecule has 0 spiro atoms. The van der Waals surface area contributed by atoms with E-state index >= 15 is 0 Å². The maximum absolute atomic E-state index is 13.5. The zero-order valence-corrected chi connectivity index (χ0v) is 52.4. The van der Waals surface area contributed by atoms with E-state index in [-0.39, 0.29) is 18.9 Å². The Morgan fingerprint density at radius 1 is 0.456 bits per heavy atom. The third-order valence-corrected chi connectivity index (χ3v) is 14.3. The molecule has 10 heteroatoms. The van der Waals surface area contributed by atoms with Crippen LogP contribution >= 0.6 is 7.82 Å². The van der Waals surface area contributed by atoms with E-state index in [1.54, 1.807) is 0 Å². The molecule has 0 fully saturated rings. The average Bonchev–Trinajstić information content (AvgIpc) is 3.41. The number of phosphoric ester groups is 1. The lowest BCUT2D eigenvalue weighted by Crippen LogP contribution is -2.47. The fourth-order valence-electron chi connectivity index (χ4n) is 8.48. The minimum atomic E-state index is -4.72. The monoisotopic (exact) mass is 1120 g/mol. The van der Waals surface area contributed by atoms with Gasteiger partial charge in [0.05, 0.1) is 33.8 Å². The van der Waals surface area contributed by atoms with Gasteiger partial charge in [-0.05, 0) is 115 Å². The molecule has 79 heavy (non-hydrogen) atoms. The number of carbonyl (C=O) groups is 2. The van der Waals surface area contributed by atoms with Crippen molar-refractivity contribution in [3.8, 4) is 0 Å². The molecule has 0 aromatic heterocycles. The fraction of sp³-hybridized carbons (Fsp3) is 0.681. The van der Waals surface area contributed by atoms with Crippen molar-refractivity contribution in [3.05, 3.63) is 122 Å². The maximum atomic E-state index is 13.5. The Morgan fingerprint density at radius 2 is 0.823 bits per heavy atom. The molecule has 0 aliphatic rings. The highest BCUT2D eigenvalue weighted by Gasteiger charge is 2.27. The van der Waals surface area contributed by atoms with Crippen LogP contribution in [0.4, 0.5) is 0 Å². The summed E-state index contributed by atoms with van der Waals surface area (Å²) in [7, 11) is 1.14. The summed E-state index contributed by atoms with van der Waals surface area (Å²) in [5.41, 5.74) is 0. The Balaban J connectivity index is 5.23. The highest BCUT2D eigenvalue weighted by Crippen LogP contribution is 2.38. The molecule has 0 aliphatic heterocycles. The first-order valence-corrected chi connectivity index (χ1v) is 33.3. The first kappa shape index (κ1) is 75.4. The molecule has 452 valence electrons. The van der Waals surface area contributed by atoms with E-state index in [1.807, 2.05) is 33.3 Å². The Morgan fingerprint density at radius 3 is 1.27 bits per heavy atom. The Labute approximate surface area is 486 Å². The molecular formula is C69H119N2O7P. The van der Waals surface area contributed by atoms with Crippen LogP contribution in [0.2, 0.25) is 0 Å². The number of esters is 1. The minimum Gasteiger partial charge on any atom is -0.756 e. The SMILES string of the molecule is CC/C=C\C/C=C\C/C=C\C/C=C\C/C=C\CCCCCCCCCCCC(=O)NC(COP(=O)([O-])OCC[N+](C)(C)C)C(/C=C\CCCCCCCCCCC)OC(=O)CCC/C=C\C/C=C\C/C=C\C/C=C\CCCCC. The van der Waals surface area contributed by atoms with Crippen LogP contribution in [0, 0.1) is 0 Å². The number of rotatable bonds is 56. The molecule has 0 saturated heterocycles. The topological polar surface area (TPSA) is 114 Å². The van der Waals surface area contributed by atoms with Crippen molar-refractivity contribution in [1.29, 1.82) is 0 Å². The van der Waals surface area contributed by atoms with Crippen molar-refractivity contribution in [1.82, 2.24) is 5.32 Å². The number of likely N-dealkylation sites (N-methyl/N-ethyl adjacent to an activating group) is 1. The maximum Gasteiger partial charge on any atom is 0.306 e. The molecule has 3 unspecified atom stereocenters. The molecule has 0 heterocycles. The Bertz CT molecular complexity index is 1770. The van der Waals surface area contributed by atoms with E-state index in [9.17, 15) is 19.0 Å². The van der Waals surface area contributed by atoms with Gasteiger partial charge < -0.3 is 28.5 Å². The van der Waals surface area contributed by atoms with E-state index in [0.29, 0.717) is 23.9 Å². The summed E-state index contributed by atoms with van der Waals surface area (Å²) in [4.78, 5) is 40.0. The number of ether oxygens (including phenoxy) is 1. The number of hydrogen-bond acceptors (Lipinski definition) is 7. The van der Waals surface area contributed by atoms with Crippen molar-refractivity contribution in [2.75, 3.05) is 40.9 Å². The van der Waals surface area contributed by atoms with Crippen molar-refractivity contribution < 1.29 is 37.3 Å². The molecule has 9 nitrogen and oxygen atoms in total. The average molecular weight is 1120 g/mol. The van der Waals surface area contributed by atoms with Crippen molar-refractivity contribution in [2.45, 2.75) is 264 Å². The molecule has 0 rings (SSSR count). The van der Waals surface area contributed by atoms with E-state index < -0.39 is 32.5 Å². The molecular weight excluding hydrogens is 1000 g/mol. The number of hydrogen-bond donors (Lipinski definition) is 1. The highest BCUT2D eigenvalue weighted by atomic mass is 31.2. The summed E-state index contributed by atoms with van der Waals surface area (Å²) in [5, 5.41) is 3.01. The lowest BCUT2D eigenvalue weighted by molar-refractivity contribution is -0.870. The Kier molecular flexibility index (Phi) is 55.0. The third kappa shape index (κ3) is 58.9. The van der Waals surface area contributed by atoms with Crippen molar-refractivity contribution >= 4 is 19.7 Å². The summed E-state index contributed by atoms with van der Waals surface area (Å²) in [6.45, 7) is 6.64. The van der Waals surface area contributed by atoms with Crippen LogP contribution in [-0.2, 0) is 27.9 Å². The quantitative estimate of drug-likeness (QED) is 0.0212. The first-order valence-electron chi connectivity index (χ1n) is 31.8. The van der Waals surface area contributed by atoms with Gasteiger partial charge in [0.15, 0.2) is 0 Å². The standard InChI is InChI=1S/C69H119N2O7P/c1-7-10-13-16-19-22-25-27-29-31-32-33-34-35-36-37-38-40-41-43-46-49-52-55-58-61-68(72)70-66(65-77-79(74,75)76-64-63-71(4,5)6)67(60-57-54-51-48-45-24-21-18-15-12-9-3)78-69(73)62-59-56-53-50-47-44-42-39-30-28-26-23-20-17-14-11-8-2/h10,13,19-20,22-23,27-30,32-33,35-36,42,44,50,53,57,60,66-67H,7-9,11-12,14-18,21,24-26,31,34,37-41,43,45-49,51-52,54-56,58-59,61-65H2,1-6H3,(H-,70,72,74,75)/b13-10-,22-19-,23-20-,29-27-,30-28-,33-32-,36-35-,44-42-,53-50-,60-57-. The Hall–Kier alpha value is -3.59. The number of nitrogens with one attached hydrogen (secondary N) is 1. The number of amides is 1.